The molecule has 5 rings (SSSR count). The van der Waals surface area contributed by atoms with Crippen molar-refractivity contribution in [2.45, 2.75) is 13.0 Å². The van der Waals surface area contributed by atoms with Crippen LogP contribution < -0.4 is 10.9 Å². The summed E-state index contributed by atoms with van der Waals surface area (Å²) in [6.45, 7) is 1.30. The van der Waals surface area contributed by atoms with Gasteiger partial charge in [0.1, 0.15) is 5.52 Å². The van der Waals surface area contributed by atoms with E-state index in [1.807, 2.05) is 48.7 Å². The summed E-state index contributed by atoms with van der Waals surface area (Å²) in [4.78, 5) is 29.1. The number of H-pyrrole nitrogens is 1. The first-order valence-corrected chi connectivity index (χ1v) is 10.5. The molecule has 32 heavy (non-hydrogen) atoms. The van der Waals surface area contributed by atoms with E-state index in [9.17, 15) is 9.59 Å². The topological polar surface area (TPSA) is 93.4 Å². The monoisotopic (exact) mass is 429 g/mol. The van der Waals surface area contributed by atoms with Crippen LogP contribution in [0.15, 0.2) is 65.6 Å². The number of rotatable bonds is 7. The van der Waals surface area contributed by atoms with Crippen molar-refractivity contribution in [1.29, 1.82) is 0 Å². The molecule has 8 heteroatoms. The number of benzene rings is 2. The third kappa shape index (κ3) is 3.44. The summed E-state index contributed by atoms with van der Waals surface area (Å²) in [5.41, 5.74) is 4.10. The van der Waals surface area contributed by atoms with Crippen molar-refractivity contribution in [3.63, 3.8) is 0 Å². The first-order valence-electron chi connectivity index (χ1n) is 10.5. The summed E-state index contributed by atoms with van der Waals surface area (Å²) in [6.07, 6.45) is 2.66. The van der Waals surface area contributed by atoms with Crippen LogP contribution in [0.25, 0.3) is 27.5 Å². The number of carbonyl (C=O) groups is 1. The number of amides is 1. The number of carbonyl (C=O) groups excluding carboxylic acids is 1. The van der Waals surface area contributed by atoms with E-state index in [4.69, 9.17) is 4.74 Å². The van der Waals surface area contributed by atoms with Gasteiger partial charge in [0.25, 0.3) is 11.5 Å². The molecular formula is C24H23N5O3. The van der Waals surface area contributed by atoms with Gasteiger partial charge in [-0.1, -0.05) is 30.3 Å². The fraction of sp³-hybridized carbons (Fsp3) is 0.208. The van der Waals surface area contributed by atoms with Gasteiger partial charge >= 0.3 is 0 Å². The predicted octanol–water partition coefficient (Wildman–Crippen LogP) is 2.75. The van der Waals surface area contributed by atoms with E-state index in [1.54, 1.807) is 22.3 Å². The molecule has 0 spiro atoms. The third-order valence-corrected chi connectivity index (χ3v) is 5.68. The molecule has 3 heterocycles. The number of hydrogen-bond acceptors (Lipinski definition) is 4. The lowest BCUT2D eigenvalue weighted by atomic mass is 10.1. The van der Waals surface area contributed by atoms with E-state index in [0.29, 0.717) is 31.6 Å². The normalized spacial score (nSPS) is 11.5. The number of aromatic amines is 1. The zero-order valence-corrected chi connectivity index (χ0v) is 17.7. The molecule has 0 saturated carbocycles. The van der Waals surface area contributed by atoms with Gasteiger partial charge < -0.3 is 19.6 Å². The van der Waals surface area contributed by atoms with Crippen molar-refractivity contribution < 1.29 is 9.53 Å². The fourth-order valence-electron chi connectivity index (χ4n) is 4.09. The van der Waals surface area contributed by atoms with Gasteiger partial charge in [0.2, 0.25) is 0 Å². The van der Waals surface area contributed by atoms with Gasteiger partial charge in [-0.3, -0.25) is 9.59 Å². The van der Waals surface area contributed by atoms with E-state index < -0.39 is 0 Å². The second-order valence-corrected chi connectivity index (χ2v) is 7.63. The van der Waals surface area contributed by atoms with Gasteiger partial charge in [0.15, 0.2) is 5.69 Å². The molecule has 0 unspecified atom stereocenters. The Balaban J connectivity index is 1.41. The van der Waals surface area contributed by atoms with Crippen LogP contribution in [0.1, 0.15) is 16.1 Å². The minimum Gasteiger partial charge on any atom is -0.383 e. The Kier molecular flexibility index (Phi) is 5.20. The Bertz CT molecular complexity index is 1490. The minimum absolute atomic E-state index is 0.203. The van der Waals surface area contributed by atoms with E-state index in [1.165, 1.54) is 0 Å². The summed E-state index contributed by atoms with van der Waals surface area (Å²) in [7, 11) is 1.60. The molecule has 5 aromatic rings. The number of nitrogens with zero attached hydrogens (tertiary/aromatic N) is 3. The number of ether oxygens (including phenoxy) is 1. The van der Waals surface area contributed by atoms with Crippen molar-refractivity contribution in [2.24, 2.45) is 0 Å². The molecule has 3 aromatic heterocycles. The summed E-state index contributed by atoms with van der Waals surface area (Å²) in [5, 5.41) is 8.51. The summed E-state index contributed by atoms with van der Waals surface area (Å²) >= 11 is 0. The van der Waals surface area contributed by atoms with E-state index in [2.05, 4.69) is 21.5 Å². The summed E-state index contributed by atoms with van der Waals surface area (Å²) in [5.74, 6) is -0.305. The molecule has 0 aliphatic carbocycles. The molecule has 0 fully saturated rings. The smallest absolute Gasteiger partial charge is 0.277 e. The van der Waals surface area contributed by atoms with Crippen LogP contribution in [0.2, 0.25) is 0 Å². The van der Waals surface area contributed by atoms with Crippen LogP contribution in [0.3, 0.4) is 0 Å². The second-order valence-electron chi connectivity index (χ2n) is 7.63. The highest BCUT2D eigenvalue weighted by atomic mass is 16.5. The third-order valence-electron chi connectivity index (χ3n) is 5.68. The number of fused-ring (bicyclic) bond motifs is 4. The van der Waals surface area contributed by atoms with Crippen molar-refractivity contribution in [3.8, 4) is 0 Å². The van der Waals surface area contributed by atoms with E-state index >= 15 is 0 Å². The lowest BCUT2D eigenvalue weighted by Crippen LogP contribution is -2.26. The lowest BCUT2D eigenvalue weighted by Gasteiger charge is -2.11. The molecule has 8 nitrogen and oxygen atoms in total. The van der Waals surface area contributed by atoms with Gasteiger partial charge in [-0.25, -0.2) is 4.52 Å². The first-order chi connectivity index (χ1) is 15.7. The number of aromatic nitrogens is 4. The van der Waals surface area contributed by atoms with Crippen molar-refractivity contribution in [1.82, 2.24) is 24.5 Å². The van der Waals surface area contributed by atoms with Crippen molar-refractivity contribution in [3.05, 3.63) is 82.4 Å². The fourth-order valence-corrected chi connectivity index (χ4v) is 4.09. The quantitative estimate of drug-likeness (QED) is 0.416. The average molecular weight is 429 g/mol. The van der Waals surface area contributed by atoms with Crippen LogP contribution >= 0.6 is 0 Å². The summed E-state index contributed by atoms with van der Waals surface area (Å²) < 4.78 is 8.37. The summed E-state index contributed by atoms with van der Waals surface area (Å²) in [6, 6.07) is 17.1. The van der Waals surface area contributed by atoms with E-state index in [-0.39, 0.29) is 17.2 Å². The molecule has 0 aliphatic heterocycles. The highest BCUT2D eigenvalue weighted by Crippen LogP contribution is 2.18. The van der Waals surface area contributed by atoms with Crippen molar-refractivity contribution >= 4 is 33.4 Å². The predicted molar refractivity (Wildman–Crippen MR) is 123 cm³/mol. The van der Waals surface area contributed by atoms with Crippen molar-refractivity contribution in [2.75, 3.05) is 20.3 Å². The minimum atomic E-state index is -0.305. The van der Waals surface area contributed by atoms with Gasteiger partial charge in [-0.2, -0.15) is 5.10 Å². The van der Waals surface area contributed by atoms with Gasteiger partial charge in [0.05, 0.1) is 17.6 Å². The van der Waals surface area contributed by atoms with E-state index in [0.717, 1.165) is 27.5 Å². The highest BCUT2D eigenvalue weighted by Gasteiger charge is 2.17. The molecule has 0 radical (unpaired) electrons. The first kappa shape index (κ1) is 20.0. The molecule has 0 saturated heterocycles. The molecule has 162 valence electrons. The number of methoxy groups -OCH3 is 1. The molecule has 0 bridgehead atoms. The number of hydrogen-bond donors (Lipinski definition) is 2. The van der Waals surface area contributed by atoms with Gasteiger partial charge in [0, 0.05) is 43.4 Å². The van der Waals surface area contributed by atoms with Gasteiger partial charge in [-0.05, 0) is 30.2 Å². The Morgan fingerprint density at radius 3 is 2.72 bits per heavy atom. The maximum atomic E-state index is 13.1. The highest BCUT2D eigenvalue weighted by molar-refractivity contribution is 5.94. The van der Waals surface area contributed by atoms with Crippen LogP contribution in [-0.4, -0.2) is 45.3 Å². The SMILES string of the molecule is COCCn1c(=O)c2cc(C(=O)NCCc3c[nH]c4ccccc34)nn2c2ccccc21. The van der Waals surface area contributed by atoms with Crippen LogP contribution in [0, 0.1) is 0 Å². The van der Waals surface area contributed by atoms with Crippen LogP contribution in [-0.2, 0) is 17.7 Å². The molecule has 0 aliphatic rings. The van der Waals surface area contributed by atoms with Crippen LogP contribution in [0.4, 0.5) is 0 Å². The maximum Gasteiger partial charge on any atom is 0.277 e. The molecule has 2 aromatic carbocycles. The maximum absolute atomic E-state index is 13.1. The average Bonchev–Trinajstić information content (AvgIpc) is 3.44. The Hall–Kier alpha value is -3.91. The zero-order valence-electron chi connectivity index (χ0n) is 17.7. The Labute approximate surface area is 183 Å². The standard InChI is InChI=1S/C24H23N5O3/c1-32-13-12-28-20-8-4-5-9-21(20)29-22(24(28)31)14-19(27-29)23(30)25-11-10-16-15-26-18-7-3-2-6-17(16)18/h2-9,14-15,26H,10-13H2,1H3,(H,25,30). The Morgan fingerprint density at radius 1 is 1.09 bits per heavy atom. The largest absolute Gasteiger partial charge is 0.383 e. The lowest BCUT2D eigenvalue weighted by molar-refractivity contribution is 0.0949. The van der Waals surface area contributed by atoms with Crippen LogP contribution in [0.5, 0.6) is 0 Å². The molecular weight excluding hydrogens is 406 g/mol. The Morgan fingerprint density at radius 2 is 1.88 bits per heavy atom. The molecule has 0 atom stereocenters. The second kappa shape index (κ2) is 8.32. The zero-order chi connectivity index (χ0) is 22.1. The number of para-hydroxylation sites is 3. The number of nitrogens with one attached hydrogen (secondary N) is 2. The molecule has 2 N–H and O–H groups in total. The molecule has 1 amide bonds. The van der Waals surface area contributed by atoms with Gasteiger partial charge in [-0.15, -0.1) is 0 Å².